The van der Waals surface area contributed by atoms with Gasteiger partial charge in [-0.2, -0.15) is 0 Å². The predicted octanol–water partition coefficient (Wildman–Crippen LogP) is 3.04. The van der Waals surface area contributed by atoms with Crippen LogP contribution in [0.4, 0.5) is 0 Å². The molecule has 1 aromatic carbocycles. The number of hydrogen-bond donors (Lipinski definition) is 1. The van der Waals surface area contributed by atoms with Gasteiger partial charge in [0.15, 0.2) is 0 Å². The molecule has 5 heteroatoms. The first-order valence-corrected chi connectivity index (χ1v) is 6.46. The fraction of sp³-hybridized carbons (Fsp3) is 0.308. The van der Waals surface area contributed by atoms with Crippen molar-refractivity contribution in [2.75, 3.05) is 7.05 Å². The molecule has 0 unspecified atom stereocenters. The Morgan fingerprint density at radius 2 is 2.22 bits per heavy atom. The van der Waals surface area contributed by atoms with Crippen molar-refractivity contribution in [3.05, 3.63) is 45.8 Å². The average Bonchev–Trinajstić information content (AvgIpc) is 2.76. The van der Waals surface area contributed by atoms with Crippen molar-refractivity contribution in [3.8, 4) is 5.75 Å². The number of halogens is 1. The Bertz CT molecular complexity index is 525. The Morgan fingerprint density at radius 1 is 1.39 bits per heavy atom. The molecule has 96 valence electrons. The van der Waals surface area contributed by atoms with Gasteiger partial charge in [-0.25, -0.2) is 0 Å². The van der Waals surface area contributed by atoms with Crippen LogP contribution in [0.5, 0.6) is 5.75 Å². The lowest BCUT2D eigenvalue weighted by Gasteiger charge is -2.08. The van der Waals surface area contributed by atoms with E-state index in [1.165, 1.54) is 0 Å². The third-order valence-electron chi connectivity index (χ3n) is 2.45. The maximum absolute atomic E-state index is 5.68. The molecule has 0 saturated carbocycles. The van der Waals surface area contributed by atoms with Crippen molar-refractivity contribution in [3.63, 3.8) is 0 Å². The van der Waals surface area contributed by atoms with Gasteiger partial charge in [-0.05, 0) is 37.7 Å². The Kier molecular flexibility index (Phi) is 4.38. The molecule has 1 aromatic heterocycles. The Labute approximate surface area is 114 Å². The van der Waals surface area contributed by atoms with Gasteiger partial charge in [0, 0.05) is 17.1 Å². The third-order valence-corrected chi connectivity index (χ3v) is 3.22. The number of hydrogen-bond acceptors (Lipinski definition) is 4. The summed E-state index contributed by atoms with van der Waals surface area (Å²) in [7, 11) is 1.91. The molecule has 2 rings (SSSR count). The van der Waals surface area contributed by atoms with Crippen LogP contribution in [0.25, 0.3) is 0 Å². The number of nitrogens with zero attached hydrogens (tertiary/aromatic N) is 1. The summed E-state index contributed by atoms with van der Waals surface area (Å²) in [5.41, 5.74) is 1.96. The van der Waals surface area contributed by atoms with Gasteiger partial charge in [-0.15, -0.1) is 0 Å². The minimum absolute atomic E-state index is 0.415. The molecule has 0 aliphatic rings. The van der Waals surface area contributed by atoms with Gasteiger partial charge in [0.25, 0.3) is 0 Å². The Balaban J connectivity index is 2.03. The van der Waals surface area contributed by atoms with Crippen LogP contribution in [0.1, 0.15) is 17.0 Å². The van der Waals surface area contributed by atoms with E-state index in [0.717, 1.165) is 33.8 Å². The second kappa shape index (κ2) is 6.02. The first kappa shape index (κ1) is 13.1. The lowest BCUT2D eigenvalue weighted by Crippen LogP contribution is -2.06. The SMILES string of the molecule is CNCc1cc(OCc2cc(C)on2)ccc1Br. The van der Waals surface area contributed by atoms with Crippen LogP contribution in [0.2, 0.25) is 0 Å². The summed E-state index contributed by atoms with van der Waals surface area (Å²) >= 11 is 3.51. The molecule has 0 fully saturated rings. The molecule has 0 aliphatic carbocycles. The van der Waals surface area contributed by atoms with Crippen LogP contribution in [0.3, 0.4) is 0 Å². The summed E-state index contributed by atoms with van der Waals surface area (Å²) in [5.74, 6) is 1.62. The fourth-order valence-corrected chi connectivity index (χ4v) is 2.00. The topological polar surface area (TPSA) is 47.3 Å². The Hall–Kier alpha value is -1.33. The zero-order chi connectivity index (χ0) is 13.0. The monoisotopic (exact) mass is 310 g/mol. The molecule has 0 radical (unpaired) electrons. The van der Waals surface area contributed by atoms with Crippen molar-refractivity contribution in [2.24, 2.45) is 0 Å². The molecule has 0 saturated heterocycles. The standard InChI is InChI=1S/C13H15BrN2O2/c1-9-5-11(16-18-9)8-17-12-3-4-13(14)10(6-12)7-15-2/h3-6,15H,7-8H2,1-2H3. The van der Waals surface area contributed by atoms with E-state index in [9.17, 15) is 0 Å². The summed E-state index contributed by atoms with van der Waals surface area (Å²) in [6.45, 7) is 3.07. The molecule has 0 amide bonds. The highest BCUT2D eigenvalue weighted by Crippen LogP contribution is 2.23. The minimum Gasteiger partial charge on any atom is -0.487 e. The predicted molar refractivity (Wildman–Crippen MR) is 72.5 cm³/mol. The molecule has 0 spiro atoms. The van der Waals surface area contributed by atoms with Gasteiger partial charge in [-0.1, -0.05) is 21.1 Å². The van der Waals surface area contributed by atoms with Gasteiger partial charge >= 0.3 is 0 Å². The molecule has 18 heavy (non-hydrogen) atoms. The van der Waals surface area contributed by atoms with E-state index in [1.54, 1.807) is 0 Å². The summed E-state index contributed by atoms with van der Waals surface area (Å²) in [4.78, 5) is 0. The molecule has 0 bridgehead atoms. The van der Waals surface area contributed by atoms with Gasteiger partial charge in [0.1, 0.15) is 23.8 Å². The molecule has 1 heterocycles. The zero-order valence-corrected chi connectivity index (χ0v) is 12.0. The van der Waals surface area contributed by atoms with Crippen molar-refractivity contribution in [1.82, 2.24) is 10.5 Å². The van der Waals surface area contributed by atoms with Crippen LogP contribution >= 0.6 is 15.9 Å². The normalized spacial score (nSPS) is 10.6. The van der Waals surface area contributed by atoms with Crippen LogP contribution < -0.4 is 10.1 Å². The fourth-order valence-electron chi connectivity index (χ4n) is 1.61. The van der Waals surface area contributed by atoms with E-state index in [1.807, 2.05) is 38.2 Å². The molecule has 2 aromatic rings. The molecule has 4 nitrogen and oxygen atoms in total. The number of ether oxygens (including phenoxy) is 1. The van der Waals surface area contributed by atoms with Crippen molar-refractivity contribution < 1.29 is 9.26 Å². The Morgan fingerprint density at radius 3 is 2.89 bits per heavy atom. The summed E-state index contributed by atoms with van der Waals surface area (Å²) in [5, 5.41) is 7.00. The molecular formula is C13H15BrN2O2. The molecule has 0 aliphatic heterocycles. The highest BCUT2D eigenvalue weighted by atomic mass is 79.9. The van der Waals surface area contributed by atoms with Crippen molar-refractivity contribution >= 4 is 15.9 Å². The summed E-state index contributed by atoms with van der Waals surface area (Å²) in [6, 6.07) is 7.78. The van der Waals surface area contributed by atoms with E-state index < -0.39 is 0 Å². The molecule has 1 N–H and O–H groups in total. The van der Waals surface area contributed by atoms with E-state index in [4.69, 9.17) is 9.26 Å². The van der Waals surface area contributed by atoms with Gasteiger partial charge in [0.2, 0.25) is 0 Å². The largest absolute Gasteiger partial charge is 0.487 e. The summed E-state index contributed by atoms with van der Waals surface area (Å²) in [6.07, 6.45) is 0. The van der Waals surface area contributed by atoms with Crippen molar-refractivity contribution in [1.29, 1.82) is 0 Å². The quantitative estimate of drug-likeness (QED) is 0.922. The highest BCUT2D eigenvalue weighted by Gasteiger charge is 2.04. The first-order chi connectivity index (χ1) is 8.69. The van der Waals surface area contributed by atoms with Gasteiger partial charge < -0.3 is 14.6 Å². The van der Waals surface area contributed by atoms with Crippen LogP contribution in [-0.4, -0.2) is 12.2 Å². The van der Waals surface area contributed by atoms with E-state index in [0.29, 0.717) is 6.61 Å². The number of benzene rings is 1. The maximum atomic E-state index is 5.68. The maximum Gasteiger partial charge on any atom is 0.134 e. The lowest BCUT2D eigenvalue weighted by molar-refractivity contribution is 0.287. The number of nitrogens with one attached hydrogen (secondary N) is 1. The van der Waals surface area contributed by atoms with E-state index in [2.05, 4.69) is 26.4 Å². The number of aromatic nitrogens is 1. The number of aryl methyl sites for hydroxylation is 1. The second-order valence-corrected chi connectivity index (χ2v) is 4.86. The van der Waals surface area contributed by atoms with Gasteiger partial charge in [-0.3, -0.25) is 0 Å². The minimum atomic E-state index is 0.415. The molecule has 0 atom stereocenters. The van der Waals surface area contributed by atoms with Crippen LogP contribution in [-0.2, 0) is 13.2 Å². The van der Waals surface area contributed by atoms with Gasteiger partial charge in [0.05, 0.1) is 0 Å². The van der Waals surface area contributed by atoms with Crippen LogP contribution in [0, 0.1) is 6.92 Å². The van der Waals surface area contributed by atoms with E-state index >= 15 is 0 Å². The van der Waals surface area contributed by atoms with E-state index in [-0.39, 0.29) is 0 Å². The smallest absolute Gasteiger partial charge is 0.134 e. The van der Waals surface area contributed by atoms with Crippen molar-refractivity contribution in [2.45, 2.75) is 20.1 Å². The molecular weight excluding hydrogens is 296 g/mol. The second-order valence-electron chi connectivity index (χ2n) is 4.00. The van der Waals surface area contributed by atoms with Crippen LogP contribution in [0.15, 0.2) is 33.3 Å². The first-order valence-electron chi connectivity index (χ1n) is 5.67. The zero-order valence-electron chi connectivity index (χ0n) is 10.4. The highest BCUT2D eigenvalue weighted by molar-refractivity contribution is 9.10. The average molecular weight is 311 g/mol. The lowest BCUT2D eigenvalue weighted by atomic mass is 10.2. The number of rotatable bonds is 5. The summed E-state index contributed by atoms with van der Waals surface area (Å²) < 4.78 is 11.7. The third kappa shape index (κ3) is 3.34.